The maximum Gasteiger partial charge on any atom is 0.358 e. The smallest absolute Gasteiger partial charge is 0.358 e. The molecule has 0 saturated carbocycles. The van der Waals surface area contributed by atoms with E-state index >= 15 is 0 Å². The predicted molar refractivity (Wildman–Crippen MR) is 89.1 cm³/mol. The molecule has 0 N–H and O–H groups in total. The molecule has 5 nitrogen and oxygen atoms in total. The van der Waals surface area contributed by atoms with E-state index in [1.165, 1.54) is 0 Å². The summed E-state index contributed by atoms with van der Waals surface area (Å²) in [6.45, 7) is 2.86. The Labute approximate surface area is 138 Å². The van der Waals surface area contributed by atoms with Gasteiger partial charge in [0.15, 0.2) is 5.69 Å². The quantitative estimate of drug-likeness (QED) is 0.738. The van der Waals surface area contributed by atoms with Gasteiger partial charge in [-0.25, -0.2) is 9.78 Å². The highest BCUT2D eigenvalue weighted by Crippen LogP contribution is 2.20. The summed E-state index contributed by atoms with van der Waals surface area (Å²) in [5.74, 6) is 0.302. The molecule has 0 unspecified atom stereocenters. The molecule has 0 aliphatic carbocycles. The van der Waals surface area contributed by atoms with Gasteiger partial charge in [-0.05, 0) is 47.1 Å². The Morgan fingerprint density at radius 2 is 2.14 bits per heavy atom. The molecule has 0 spiro atoms. The van der Waals surface area contributed by atoms with Gasteiger partial charge in [0.25, 0.3) is 0 Å². The number of halogens is 1. The molecule has 2 heterocycles. The van der Waals surface area contributed by atoms with E-state index < -0.39 is 5.97 Å². The zero-order valence-corrected chi connectivity index (χ0v) is 14.2. The lowest BCUT2D eigenvalue weighted by Gasteiger charge is -2.18. The number of aromatic nitrogens is 2. The highest BCUT2D eigenvalue weighted by Gasteiger charge is 2.15. The fourth-order valence-electron chi connectivity index (χ4n) is 1.93. The fourth-order valence-corrected chi connectivity index (χ4v) is 2.31. The van der Waals surface area contributed by atoms with Gasteiger partial charge in [0.05, 0.1) is 11.1 Å². The van der Waals surface area contributed by atoms with Crippen LogP contribution in [0.3, 0.4) is 0 Å². The van der Waals surface area contributed by atoms with Gasteiger partial charge < -0.3 is 9.64 Å². The van der Waals surface area contributed by atoms with Crippen LogP contribution in [-0.2, 0) is 11.2 Å². The monoisotopic (exact) mass is 363 g/mol. The first-order valence-electron chi connectivity index (χ1n) is 7.06. The molecule has 0 aromatic carbocycles. The summed E-state index contributed by atoms with van der Waals surface area (Å²) >= 11 is 3.33. The van der Waals surface area contributed by atoms with Crippen LogP contribution in [0.1, 0.15) is 23.1 Å². The molecule has 0 aliphatic rings. The Hall–Kier alpha value is -1.95. The highest BCUT2D eigenvalue weighted by atomic mass is 79.9. The number of rotatable bonds is 6. The van der Waals surface area contributed by atoms with Gasteiger partial charge in [-0.15, -0.1) is 0 Å². The van der Waals surface area contributed by atoms with Gasteiger partial charge in [-0.1, -0.05) is 6.07 Å². The number of pyridine rings is 2. The van der Waals surface area contributed by atoms with Crippen LogP contribution in [0.4, 0.5) is 5.82 Å². The van der Waals surface area contributed by atoms with Crippen molar-refractivity contribution < 1.29 is 9.53 Å². The van der Waals surface area contributed by atoms with Crippen LogP contribution in [0, 0.1) is 0 Å². The average molecular weight is 364 g/mol. The maximum atomic E-state index is 11.9. The van der Waals surface area contributed by atoms with E-state index in [2.05, 4.69) is 25.9 Å². The van der Waals surface area contributed by atoms with Crippen molar-refractivity contribution >= 4 is 27.7 Å². The minimum atomic E-state index is -0.422. The molecule has 0 radical (unpaired) electrons. The van der Waals surface area contributed by atoms with Gasteiger partial charge in [-0.2, -0.15) is 0 Å². The largest absolute Gasteiger partial charge is 0.461 e. The summed E-state index contributed by atoms with van der Waals surface area (Å²) in [5.41, 5.74) is 1.32. The van der Waals surface area contributed by atoms with Crippen LogP contribution in [0.2, 0.25) is 0 Å². The number of ether oxygens (including phenoxy) is 1. The van der Waals surface area contributed by atoms with E-state index in [4.69, 9.17) is 4.74 Å². The summed E-state index contributed by atoms with van der Waals surface area (Å²) in [7, 11) is 1.94. The van der Waals surface area contributed by atoms with Gasteiger partial charge in [-0.3, -0.25) is 4.98 Å². The summed E-state index contributed by atoms with van der Waals surface area (Å²) in [6.07, 6.45) is 2.59. The molecule has 0 bridgehead atoms. The molecular weight excluding hydrogens is 346 g/mol. The Bertz CT molecular complexity index is 635. The Morgan fingerprint density at radius 1 is 1.32 bits per heavy atom. The second-order valence-electron chi connectivity index (χ2n) is 4.71. The molecule has 22 heavy (non-hydrogen) atoms. The lowest BCUT2D eigenvalue weighted by molar-refractivity contribution is 0.0518. The molecule has 2 aromatic rings. The lowest BCUT2D eigenvalue weighted by atomic mass is 10.2. The molecule has 2 rings (SSSR count). The summed E-state index contributed by atoms with van der Waals surface area (Å²) < 4.78 is 5.65. The standard InChI is InChI=1S/C16H18BrN3O2/c1-3-22-16(21)15-13(17)7-8-14(19-15)20(2)11-9-12-6-4-5-10-18-12/h4-8,10H,3,9,11H2,1-2H3. The Morgan fingerprint density at radius 3 is 2.82 bits per heavy atom. The third-order valence-corrected chi connectivity index (χ3v) is 3.76. The van der Waals surface area contributed by atoms with Gasteiger partial charge in [0.2, 0.25) is 0 Å². The average Bonchev–Trinajstić information content (AvgIpc) is 2.54. The van der Waals surface area contributed by atoms with Crippen molar-refractivity contribution in [2.75, 3.05) is 25.1 Å². The second kappa shape index (κ2) is 7.89. The molecule has 116 valence electrons. The number of hydrogen-bond donors (Lipinski definition) is 0. The number of anilines is 1. The van der Waals surface area contributed by atoms with Crippen LogP contribution in [0.25, 0.3) is 0 Å². The number of nitrogens with zero attached hydrogens (tertiary/aromatic N) is 3. The predicted octanol–water partition coefficient (Wildman–Crippen LogP) is 3.09. The minimum Gasteiger partial charge on any atom is -0.461 e. The lowest BCUT2D eigenvalue weighted by Crippen LogP contribution is -2.22. The van der Waals surface area contributed by atoms with Crippen LogP contribution in [0.15, 0.2) is 41.0 Å². The van der Waals surface area contributed by atoms with E-state index in [1.807, 2.05) is 42.3 Å². The summed E-state index contributed by atoms with van der Waals surface area (Å²) in [5, 5.41) is 0. The number of carbonyl (C=O) groups is 1. The Kier molecular flexibility index (Phi) is 5.89. The van der Waals surface area contributed by atoms with Crippen molar-refractivity contribution in [3.8, 4) is 0 Å². The van der Waals surface area contributed by atoms with E-state index in [0.717, 1.165) is 24.5 Å². The zero-order chi connectivity index (χ0) is 15.9. The van der Waals surface area contributed by atoms with Crippen molar-refractivity contribution in [1.29, 1.82) is 0 Å². The zero-order valence-electron chi connectivity index (χ0n) is 12.6. The number of likely N-dealkylation sites (N-methyl/N-ethyl adjacent to an activating group) is 1. The van der Waals surface area contributed by atoms with Gasteiger partial charge in [0, 0.05) is 31.9 Å². The minimum absolute atomic E-state index is 0.295. The van der Waals surface area contributed by atoms with E-state index in [-0.39, 0.29) is 0 Å². The molecule has 0 amide bonds. The van der Waals surface area contributed by atoms with E-state index in [0.29, 0.717) is 16.8 Å². The number of esters is 1. The van der Waals surface area contributed by atoms with Crippen LogP contribution < -0.4 is 4.90 Å². The van der Waals surface area contributed by atoms with Gasteiger partial charge in [0.1, 0.15) is 5.82 Å². The molecule has 2 aromatic heterocycles. The number of hydrogen-bond acceptors (Lipinski definition) is 5. The van der Waals surface area contributed by atoms with E-state index in [9.17, 15) is 4.79 Å². The van der Waals surface area contributed by atoms with Crippen LogP contribution >= 0.6 is 15.9 Å². The van der Waals surface area contributed by atoms with Crippen LogP contribution in [-0.4, -0.2) is 36.1 Å². The molecule has 0 aliphatic heterocycles. The molecule has 0 saturated heterocycles. The summed E-state index contributed by atoms with van der Waals surface area (Å²) in [6, 6.07) is 9.54. The van der Waals surface area contributed by atoms with Crippen molar-refractivity contribution in [1.82, 2.24) is 9.97 Å². The first-order chi connectivity index (χ1) is 10.6. The van der Waals surface area contributed by atoms with E-state index in [1.54, 1.807) is 13.1 Å². The maximum absolute atomic E-state index is 11.9. The number of carbonyl (C=O) groups excluding carboxylic acids is 1. The highest BCUT2D eigenvalue weighted by molar-refractivity contribution is 9.10. The first kappa shape index (κ1) is 16.4. The summed E-state index contributed by atoms with van der Waals surface area (Å²) in [4.78, 5) is 22.6. The third-order valence-electron chi connectivity index (χ3n) is 3.12. The fraction of sp³-hybridized carbons (Fsp3) is 0.312. The second-order valence-corrected chi connectivity index (χ2v) is 5.57. The molecule has 0 fully saturated rings. The normalized spacial score (nSPS) is 10.3. The molecule has 6 heteroatoms. The topological polar surface area (TPSA) is 55.3 Å². The van der Waals surface area contributed by atoms with Crippen molar-refractivity contribution in [2.45, 2.75) is 13.3 Å². The SMILES string of the molecule is CCOC(=O)c1nc(N(C)CCc2ccccn2)ccc1Br. The Balaban J connectivity index is 2.08. The van der Waals surface area contributed by atoms with Crippen molar-refractivity contribution in [2.24, 2.45) is 0 Å². The van der Waals surface area contributed by atoms with Crippen molar-refractivity contribution in [3.63, 3.8) is 0 Å². The van der Waals surface area contributed by atoms with Gasteiger partial charge >= 0.3 is 5.97 Å². The molecular formula is C16H18BrN3O2. The third kappa shape index (κ3) is 4.27. The van der Waals surface area contributed by atoms with Crippen LogP contribution in [0.5, 0.6) is 0 Å². The first-order valence-corrected chi connectivity index (χ1v) is 7.85. The molecule has 0 atom stereocenters. The van der Waals surface area contributed by atoms with Crippen molar-refractivity contribution in [3.05, 3.63) is 52.4 Å².